The molecule has 8 nitrogen and oxygen atoms in total. The van der Waals surface area contributed by atoms with Crippen molar-refractivity contribution in [1.29, 1.82) is 0 Å². The number of imidazole rings is 1. The van der Waals surface area contributed by atoms with Crippen LogP contribution in [0.5, 0.6) is 0 Å². The van der Waals surface area contributed by atoms with Crippen LogP contribution in [0.4, 0.5) is 0 Å². The van der Waals surface area contributed by atoms with Gasteiger partial charge in [-0.3, -0.25) is 5.10 Å². The maximum Gasteiger partial charge on any atom is 0.258 e. The lowest BCUT2D eigenvalue weighted by atomic mass is 10.3. The molecule has 0 fully saturated rings. The van der Waals surface area contributed by atoms with Gasteiger partial charge in [0.25, 0.3) is 10.0 Å². The highest BCUT2D eigenvalue weighted by molar-refractivity contribution is 7.89. The first-order chi connectivity index (χ1) is 8.53. The van der Waals surface area contributed by atoms with Crippen LogP contribution < -0.4 is 4.72 Å². The number of hydrogen-bond acceptors (Lipinski definition) is 5. The Morgan fingerprint density at radius 1 is 1.44 bits per heavy atom. The van der Waals surface area contributed by atoms with Crippen molar-refractivity contribution in [2.45, 2.75) is 31.3 Å². The summed E-state index contributed by atoms with van der Waals surface area (Å²) in [6.07, 6.45) is 3.27. The third-order valence-electron chi connectivity index (χ3n) is 2.41. The predicted octanol–water partition coefficient (Wildman–Crippen LogP) is 0.130. The van der Waals surface area contributed by atoms with E-state index >= 15 is 0 Å². The molecule has 2 aromatic heterocycles. The van der Waals surface area contributed by atoms with Gasteiger partial charge in [-0.15, -0.1) is 0 Å². The van der Waals surface area contributed by atoms with Gasteiger partial charge < -0.3 is 4.98 Å². The Balaban J connectivity index is 2.17. The van der Waals surface area contributed by atoms with Gasteiger partial charge in [-0.2, -0.15) is 9.82 Å². The fourth-order valence-corrected chi connectivity index (χ4v) is 2.58. The number of H-pyrrole nitrogens is 2. The lowest BCUT2D eigenvalue weighted by Gasteiger charge is -2.09. The molecular weight excluding hydrogens is 256 g/mol. The first-order valence-corrected chi connectivity index (χ1v) is 6.92. The van der Waals surface area contributed by atoms with E-state index in [0.717, 1.165) is 0 Å². The SMILES string of the molecule is CCc1ncc(S(=O)(=O)NC(C)c2ncn[nH]2)[nH]1. The van der Waals surface area contributed by atoms with E-state index in [2.05, 4.69) is 29.9 Å². The van der Waals surface area contributed by atoms with Crippen molar-refractivity contribution >= 4 is 10.0 Å². The van der Waals surface area contributed by atoms with Crippen molar-refractivity contribution in [3.63, 3.8) is 0 Å². The minimum atomic E-state index is -3.63. The highest BCUT2D eigenvalue weighted by atomic mass is 32.2. The molecule has 18 heavy (non-hydrogen) atoms. The van der Waals surface area contributed by atoms with Crippen molar-refractivity contribution in [3.8, 4) is 0 Å². The minimum absolute atomic E-state index is 0.0470. The van der Waals surface area contributed by atoms with Crippen LogP contribution in [-0.4, -0.2) is 33.6 Å². The summed E-state index contributed by atoms with van der Waals surface area (Å²) in [5, 5.41) is 6.33. The van der Waals surface area contributed by atoms with E-state index in [0.29, 0.717) is 18.1 Å². The van der Waals surface area contributed by atoms with Crippen LogP contribution in [0.2, 0.25) is 0 Å². The van der Waals surface area contributed by atoms with Crippen molar-refractivity contribution in [1.82, 2.24) is 29.9 Å². The molecule has 0 saturated heterocycles. The molecule has 2 heterocycles. The van der Waals surface area contributed by atoms with Crippen molar-refractivity contribution < 1.29 is 8.42 Å². The standard InChI is InChI=1S/C9H14N6O2S/c1-3-7-10-4-8(13-7)18(16,17)15-6(2)9-11-5-12-14-9/h4-6,15H,3H2,1-2H3,(H,10,13)(H,11,12,14). The number of aryl methyl sites for hydroxylation is 1. The van der Waals surface area contributed by atoms with Gasteiger partial charge in [0, 0.05) is 6.42 Å². The van der Waals surface area contributed by atoms with Crippen LogP contribution in [0, 0.1) is 0 Å². The summed E-state index contributed by atoms with van der Waals surface area (Å²) in [5.74, 6) is 1.08. The smallest absolute Gasteiger partial charge is 0.258 e. The molecule has 1 atom stereocenters. The summed E-state index contributed by atoms with van der Waals surface area (Å²) in [4.78, 5) is 10.6. The molecule has 0 aliphatic rings. The molecule has 0 aliphatic heterocycles. The van der Waals surface area contributed by atoms with Gasteiger partial charge in [-0.1, -0.05) is 6.92 Å². The zero-order valence-electron chi connectivity index (χ0n) is 10.0. The first kappa shape index (κ1) is 12.7. The number of nitrogens with zero attached hydrogens (tertiary/aromatic N) is 3. The van der Waals surface area contributed by atoms with E-state index in [4.69, 9.17) is 0 Å². The van der Waals surface area contributed by atoms with Crippen LogP contribution in [0.1, 0.15) is 31.5 Å². The third-order valence-corrected chi connectivity index (χ3v) is 3.86. The predicted molar refractivity (Wildman–Crippen MR) is 63.1 cm³/mol. The third kappa shape index (κ3) is 2.57. The maximum absolute atomic E-state index is 12.0. The number of hydrogen-bond donors (Lipinski definition) is 3. The Bertz CT molecular complexity index is 603. The maximum atomic E-state index is 12.0. The lowest BCUT2D eigenvalue weighted by Crippen LogP contribution is -2.27. The topological polar surface area (TPSA) is 116 Å². The van der Waals surface area contributed by atoms with Crippen molar-refractivity contribution in [3.05, 3.63) is 24.2 Å². The average Bonchev–Trinajstić information content (AvgIpc) is 3.00. The molecule has 0 bridgehead atoms. The van der Waals surface area contributed by atoms with Crippen molar-refractivity contribution in [2.75, 3.05) is 0 Å². The van der Waals surface area contributed by atoms with Gasteiger partial charge in [0.1, 0.15) is 18.0 Å². The van der Waals surface area contributed by atoms with Gasteiger partial charge in [-0.05, 0) is 6.92 Å². The summed E-state index contributed by atoms with van der Waals surface area (Å²) < 4.78 is 26.5. The van der Waals surface area contributed by atoms with Gasteiger partial charge in [0.05, 0.1) is 12.2 Å². The highest BCUT2D eigenvalue weighted by Crippen LogP contribution is 2.12. The molecule has 0 saturated carbocycles. The molecule has 3 N–H and O–H groups in total. The van der Waals surface area contributed by atoms with Gasteiger partial charge in [-0.25, -0.2) is 18.4 Å². The van der Waals surface area contributed by atoms with Gasteiger partial charge in [0.15, 0.2) is 5.03 Å². The lowest BCUT2D eigenvalue weighted by molar-refractivity contribution is 0.557. The minimum Gasteiger partial charge on any atom is -0.332 e. The van der Waals surface area contributed by atoms with E-state index in [1.54, 1.807) is 6.92 Å². The Labute approximate surface area is 104 Å². The molecule has 0 radical (unpaired) electrons. The zero-order chi connectivity index (χ0) is 13.2. The number of aromatic amines is 2. The second kappa shape index (κ2) is 4.86. The number of nitrogens with one attached hydrogen (secondary N) is 3. The fourth-order valence-electron chi connectivity index (χ4n) is 1.44. The summed E-state index contributed by atoms with van der Waals surface area (Å²) >= 11 is 0. The Hall–Kier alpha value is -1.74. The number of rotatable bonds is 5. The molecule has 0 amide bonds. The highest BCUT2D eigenvalue weighted by Gasteiger charge is 2.21. The van der Waals surface area contributed by atoms with Crippen LogP contribution in [0.15, 0.2) is 17.6 Å². The fraction of sp³-hybridized carbons (Fsp3) is 0.444. The second-order valence-electron chi connectivity index (χ2n) is 3.76. The Morgan fingerprint density at radius 2 is 2.22 bits per heavy atom. The normalized spacial score (nSPS) is 13.7. The van der Waals surface area contributed by atoms with Crippen LogP contribution in [0.25, 0.3) is 0 Å². The summed E-state index contributed by atoms with van der Waals surface area (Å²) in [7, 11) is -3.63. The largest absolute Gasteiger partial charge is 0.332 e. The summed E-state index contributed by atoms with van der Waals surface area (Å²) in [6.45, 7) is 3.56. The quantitative estimate of drug-likeness (QED) is 0.714. The summed E-state index contributed by atoms with van der Waals surface area (Å²) in [5.41, 5.74) is 0. The molecule has 0 aliphatic carbocycles. The molecule has 1 unspecified atom stereocenters. The zero-order valence-corrected chi connectivity index (χ0v) is 10.8. The Kier molecular flexibility index (Phi) is 3.43. The van der Waals surface area contributed by atoms with Gasteiger partial charge >= 0.3 is 0 Å². The number of aromatic nitrogens is 5. The number of sulfonamides is 1. The first-order valence-electron chi connectivity index (χ1n) is 5.44. The van der Waals surface area contributed by atoms with Crippen molar-refractivity contribution in [2.24, 2.45) is 0 Å². The average molecular weight is 270 g/mol. The van der Waals surface area contributed by atoms with E-state index in [-0.39, 0.29) is 5.03 Å². The molecular formula is C9H14N6O2S. The van der Waals surface area contributed by atoms with E-state index in [9.17, 15) is 8.42 Å². The molecule has 2 rings (SSSR count). The molecule has 0 aromatic carbocycles. The van der Waals surface area contributed by atoms with Crippen LogP contribution in [0.3, 0.4) is 0 Å². The molecule has 2 aromatic rings. The van der Waals surface area contributed by atoms with E-state index in [1.165, 1.54) is 12.5 Å². The van der Waals surface area contributed by atoms with E-state index < -0.39 is 16.1 Å². The van der Waals surface area contributed by atoms with E-state index in [1.807, 2.05) is 6.92 Å². The van der Waals surface area contributed by atoms with Crippen LogP contribution in [-0.2, 0) is 16.4 Å². The summed E-state index contributed by atoms with van der Waals surface area (Å²) in [6, 6.07) is -0.495. The molecule has 0 spiro atoms. The van der Waals surface area contributed by atoms with Gasteiger partial charge in [0.2, 0.25) is 0 Å². The molecule has 98 valence electrons. The second-order valence-corrected chi connectivity index (χ2v) is 5.44. The molecule has 9 heteroatoms. The van der Waals surface area contributed by atoms with Crippen LogP contribution >= 0.6 is 0 Å². The monoisotopic (exact) mass is 270 g/mol. The Morgan fingerprint density at radius 3 is 2.78 bits per heavy atom.